The molecule has 2 heteroatoms. The van der Waals surface area contributed by atoms with Crippen LogP contribution in [0.1, 0.15) is 13.8 Å². The number of rotatable bonds is 3. The van der Waals surface area contributed by atoms with E-state index in [9.17, 15) is 0 Å². The molecular weight excluding hydrogens is 114 g/mol. The maximum atomic E-state index is 8.77. The van der Waals surface area contributed by atoms with Crippen molar-refractivity contribution >= 4 is 0 Å². The van der Waals surface area contributed by atoms with E-state index in [4.69, 9.17) is 11.5 Å². The second-order valence-electron chi connectivity index (χ2n) is 2.15. The molecule has 0 fully saturated rings. The molecule has 0 radical (unpaired) electrons. The molecule has 0 amide bonds. The predicted molar refractivity (Wildman–Crippen MR) is 38.0 cm³/mol. The summed E-state index contributed by atoms with van der Waals surface area (Å²) in [4.78, 5) is 0. The lowest BCUT2D eigenvalue weighted by Crippen LogP contribution is -2.31. The van der Waals surface area contributed by atoms with Crippen LogP contribution in [-0.2, 0) is 0 Å². The topological polar surface area (TPSA) is 32.3 Å². The van der Waals surface area contributed by atoms with E-state index in [0.29, 0.717) is 6.54 Å². The number of nitrogens with one attached hydrogen (secondary N) is 1. The van der Waals surface area contributed by atoms with Crippen LogP contribution in [0.15, 0.2) is 0 Å². The third kappa shape index (κ3) is 5.35. The van der Waals surface area contributed by atoms with Gasteiger partial charge in [0.15, 0.2) is 0 Å². The van der Waals surface area contributed by atoms with Gasteiger partial charge in [-0.15, -0.1) is 6.42 Å². The van der Waals surface area contributed by atoms with E-state index in [1.165, 1.54) is 0 Å². The Labute approximate surface area is 56.3 Å². The number of hydrogen-bond acceptors (Lipinski definition) is 2. The molecule has 0 aromatic heterocycles. The van der Waals surface area contributed by atoms with E-state index in [1.54, 1.807) is 6.92 Å². The lowest BCUT2D eigenvalue weighted by atomic mass is 10.3. The monoisotopic (exact) mass is 127 g/mol. The van der Waals surface area contributed by atoms with E-state index in [-0.39, 0.29) is 12.1 Å². The highest BCUT2D eigenvalue weighted by molar-refractivity contribution is 4.95. The third-order valence-electron chi connectivity index (χ3n) is 0.969. The fourth-order valence-electron chi connectivity index (χ4n) is 0.406. The minimum Gasteiger partial charge on any atom is -0.392 e. The molecule has 0 spiro atoms. The summed E-state index contributed by atoms with van der Waals surface area (Å²) in [6.45, 7) is 4.16. The van der Waals surface area contributed by atoms with E-state index in [0.717, 1.165) is 0 Å². The minimum atomic E-state index is -0.319. The van der Waals surface area contributed by atoms with Crippen LogP contribution in [0, 0.1) is 12.3 Å². The minimum absolute atomic E-state index is 0.0552. The van der Waals surface area contributed by atoms with Gasteiger partial charge in [-0.1, -0.05) is 5.92 Å². The van der Waals surface area contributed by atoms with Crippen LogP contribution in [0.3, 0.4) is 0 Å². The van der Waals surface area contributed by atoms with Crippen molar-refractivity contribution in [3.8, 4) is 12.3 Å². The van der Waals surface area contributed by atoms with E-state index < -0.39 is 0 Å². The van der Waals surface area contributed by atoms with Crippen LogP contribution in [0.5, 0.6) is 0 Å². The van der Waals surface area contributed by atoms with Crippen molar-refractivity contribution in [1.82, 2.24) is 5.32 Å². The van der Waals surface area contributed by atoms with Crippen molar-refractivity contribution in [2.24, 2.45) is 0 Å². The zero-order chi connectivity index (χ0) is 7.28. The Morgan fingerprint density at radius 3 is 2.56 bits per heavy atom. The summed E-state index contributed by atoms with van der Waals surface area (Å²) in [7, 11) is 0. The number of aliphatic hydroxyl groups is 1. The van der Waals surface area contributed by atoms with E-state index in [1.807, 2.05) is 6.92 Å². The maximum absolute atomic E-state index is 8.77. The molecule has 9 heavy (non-hydrogen) atoms. The van der Waals surface area contributed by atoms with Gasteiger partial charge in [0, 0.05) is 6.54 Å². The van der Waals surface area contributed by atoms with Gasteiger partial charge >= 0.3 is 0 Å². The van der Waals surface area contributed by atoms with Crippen LogP contribution in [0.25, 0.3) is 0 Å². The molecule has 0 aliphatic carbocycles. The lowest BCUT2D eigenvalue weighted by Gasteiger charge is -2.08. The van der Waals surface area contributed by atoms with Gasteiger partial charge in [0.1, 0.15) is 0 Å². The van der Waals surface area contributed by atoms with Gasteiger partial charge in [-0.2, -0.15) is 0 Å². The summed E-state index contributed by atoms with van der Waals surface area (Å²) in [6, 6.07) is 0.0552. The second-order valence-corrected chi connectivity index (χ2v) is 2.15. The normalized spacial score (nSPS) is 16.2. The summed E-state index contributed by atoms with van der Waals surface area (Å²) in [5.41, 5.74) is 0. The lowest BCUT2D eigenvalue weighted by molar-refractivity contribution is 0.190. The zero-order valence-corrected chi connectivity index (χ0v) is 5.89. The molecule has 0 aromatic rings. The van der Waals surface area contributed by atoms with Crippen LogP contribution >= 0.6 is 0 Å². The molecule has 52 valence electrons. The molecule has 0 heterocycles. The first-order valence-corrected chi connectivity index (χ1v) is 3.04. The summed E-state index contributed by atoms with van der Waals surface area (Å²) in [6.07, 6.45) is 4.75. The largest absolute Gasteiger partial charge is 0.392 e. The molecule has 0 aliphatic heterocycles. The van der Waals surface area contributed by atoms with Crippen molar-refractivity contribution in [3.05, 3.63) is 0 Å². The third-order valence-corrected chi connectivity index (χ3v) is 0.969. The molecule has 0 saturated heterocycles. The first-order valence-electron chi connectivity index (χ1n) is 3.04. The summed E-state index contributed by atoms with van der Waals surface area (Å²) < 4.78 is 0. The van der Waals surface area contributed by atoms with Crippen molar-refractivity contribution in [3.63, 3.8) is 0 Å². The zero-order valence-electron chi connectivity index (χ0n) is 5.89. The first kappa shape index (κ1) is 8.48. The van der Waals surface area contributed by atoms with Crippen LogP contribution in [0.4, 0.5) is 0 Å². The van der Waals surface area contributed by atoms with Gasteiger partial charge < -0.3 is 10.4 Å². The van der Waals surface area contributed by atoms with Gasteiger partial charge in [-0.3, -0.25) is 0 Å². The van der Waals surface area contributed by atoms with Crippen molar-refractivity contribution in [2.75, 3.05) is 6.54 Å². The average molecular weight is 127 g/mol. The fraction of sp³-hybridized carbons (Fsp3) is 0.714. The predicted octanol–water partition coefficient (Wildman–Crippen LogP) is -0.0215. The highest BCUT2D eigenvalue weighted by Gasteiger charge is 1.96. The van der Waals surface area contributed by atoms with E-state index >= 15 is 0 Å². The molecule has 2 N–H and O–H groups in total. The van der Waals surface area contributed by atoms with Gasteiger partial charge in [0.2, 0.25) is 0 Å². The van der Waals surface area contributed by atoms with Crippen LogP contribution < -0.4 is 5.32 Å². The average Bonchev–Trinajstić information content (AvgIpc) is 1.83. The number of terminal acetylenes is 1. The molecule has 0 aliphatic rings. The summed E-state index contributed by atoms with van der Waals surface area (Å²) in [5.74, 6) is 2.50. The molecule has 2 atom stereocenters. The van der Waals surface area contributed by atoms with Gasteiger partial charge in [0.05, 0.1) is 12.1 Å². The van der Waals surface area contributed by atoms with Crippen molar-refractivity contribution < 1.29 is 5.11 Å². The van der Waals surface area contributed by atoms with E-state index in [2.05, 4.69) is 11.2 Å². The molecule has 2 unspecified atom stereocenters. The van der Waals surface area contributed by atoms with Gasteiger partial charge in [-0.05, 0) is 13.8 Å². The Balaban J connectivity index is 3.19. The van der Waals surface area contributed by atoms with Crippen molar-refractivity contribution in [1.29, 1.82) is 0 Å². The molecule has 2 nitrogen and oxygen atoms in total. The van der Waals surface area contributed by atoms with Crippen molar-refractivity contribution in [2.45, 2.75) is 26.0 Å². The molecule has 0 aromatic carbocycles. The summed E-state index contributed by atoms with van der Waals surface area (Å²) >= 11 is 0. The molecule has 0 bridgehead atoms. The van der Waals surface area contributed by atoms with Gasteiger partial charge in [0.25, 0.3) is 0 Å². The molecule has 0 saturated carbocycles. The Morgan fingerprint density at radius 1 is 1.67 bits per heavy atom. The number of hydrogen-bond donors (Lipinski definition) is 2. The Bertz CT molecular complexity index is 104. The fourth-order valence-corrected chi connectivity index (χ4v) is 0.406. The Hall–Kier alpha value is -0.520. The first-order chi connectivity index (χ1) is 4.16. The van der Waals surface area contributed by atoms with Crippen LogP contribution in [0.2, 0.25) is 0 Å². The maximum Gasteiger partial charge on any atom is 0.0659 e. The number of aliphatic hydroxyl groups excluding tert-OH is 1. The van der Waals surface area contributed by atoms with Gasteiger partial charge in [-0.25, -0.2) is 0 Å². The molecular formula is C7H13NO. The SMILES string of the molecule is C#CC(C)NCC(C)O. The van der Waals surface area contributed by atoms with Crippen LogP contribution in [-0.4, -0.2) is 23.8 Å². The standard InChI is InChI=1S/C7H13NO/c1-4-6(2)8-5-7(3)9/h1,6-9H,5H2,2-3H3. The summed E-state index contributed by atoms with van der Waals surface area (Å²) in [5, 5.41) is 11.7. The molecule has 0 rings (SSSR count). The highest BCUT2D eigenvalue weighted by Crippen LogP contribution is 1.79. The second kappa shape index (κ2) is 4.37. The Kier molecular flexibility index (Phi) is 4.12. The highest BCUT2D eigenvalue weighted by atomic mass is 16.3. The smallest absolute Gasteiger partial charge is 0.0659 e. The Morgan fingerprint density at radius 2 is 2.22 bits per heavy atom. The quantitative estimate of drug-likeness (QED) is 0.522.